The van der Waals surface area contributed by atoms with E-state index in [9.17, 15) is 23.1 Å². The first-order valence-electron chi connectivity index (χ1n) is 7.61. The van der Waals surface area contributed by atoms with Gasteiger partial charge in [0.25, 0.3) is 5.91 Å². The minimum Gasteiger partial charge on any atom is -0.497 e. The Labute approximate surface area is 148 Å². The maximum absolute atomic E-state index is 12.5. The van der Waals surface area contributed by atoms with E-state index >= 15 is 0 Å². The van der Waals surface area contributed by atoms with Crippen LogP contribution < -0.4 is 14.8 Å². The van der Waals surface area contributed by atoms with Gasteiger partial charge in [0.1, 0.15) is 11.5 Å². The predicted molar refractivity (Wildman–Crippen MR) is 88.3 cm³/mol. The summed E-state index contributed by atoms with van der Waals surface area (Å²) in [5.74, 6) is 0.378. The Kier molecular flexibility index (Phi) is 6.10. The Morgan fingerprint density at radius 2 is 1.62 bits per heavy atom. The summed E-state index contributed by atoms with van der Waals surface area (Å²) < 4.78 is 47.8. The van der Waals surface area contributed by atoms with Crippen molar-refractivity contribution in [2.75, 3.05) is 20.8 Å². The van der Waals surface area contributed by atoms with Crippen molar-refractivity contribution >= 4 is 5.91 Å². The van der Waals surface area contributed by atoms with Crippen molar-refractivity contribution in [2.45, 2.75) is 12.3 Å². The largest absolute Gasteiger partial charge is 0.497 e. The zero-order valence-corrected chi connectivity index (χ0v) is 14.1. The third-order valence-corrected chi connectivity index (χ3v) is 3.69. The number of aliphatic hydroxyl groups excluding tert-OH is 1. The standard InChI is InChI=1S/C18H18F3NO4/c1-25-14-7-12(8-15(9-14)26-2)17(24)22-10-16(23)11-3-5-13(6-4-11)18(19,20)21/h3-9,16,23H,10H2,1-2H3,(H,22,24). The van der Waals surface area contributed by atoms with E-state index < -0.39 is 23.8 Å². The smallest absolute Gasteiger partial charge is 0.416 e. The first-order chi connectivity index (χ1) is 12.2. The van der Waals surface area contributed by atoms with E-state index in [4.69, 9.17) is 9.47 Å². The van der Waals surface area contributed by atoms with E-state index in [-0.39, 0.29) is 17.7 Å². The van der Waals surface area contributed by atoms with Crippen molar-refractivity contribution in [1.82, 2.24) is 5.32 Å². The van der Waals surface area contributed by atoms with Crippen molar-refractivity contribution in [3.05, 3.63) is 59.2 Å². The summed E-state index contributed by atoms with van der Waals surface area (Å²) in [7, 11) is 2.90. The number of methoxy groups -OCH3 is 2. The van der Waals surface area contributed by atoms with Crippen LogP contribution in [0.4, 0.5) is 13.2 Å². The van der Waals surface area contributed by atoms with Gasteiger partial charge in [0, 0.05) is 18.2 Å². The molecule has 2 rings (SSSR count). The quantitative estimate of drug-likeness (QED) is 0.821. The van der Waals surface area contributed by atoms with Crippen molar-refractivity contribution in [1.29, 1.82) is 0 Å². The molecule has 0 heterocycles. The second-order valence-electron chi connectivity index (χ2n) is 5.45. The van der Waals surface area contributed by atoms with Crippen LogP contribution in [-0.2, 0) is 6.18 Å². The Bertz CT molecular complexity index is 738. The average molecular weight is 369 g/mol. The highest BCUT2D eigenvalue weighted by Gasteiger charge is 2.30. The number of nitrogens with one attached hydrogen (secondary N) is 1. The van der Waals surface area contributed by atoms with E-state index in [1.165, 1.54) is 38.5 Å². The first-order valence-corrected chi connectivity index (χ1v) is 7.61. The zero-order chi connectivity index (χ0) is 19.3. The molecule has 0 saturated heterocycles. The summed E-state index contributed by atoms with van der Waals surface area (Å²) in [4.78, 5) is 12.2. The molecule has 1 atom stereocenters. The number of hydrogen-bond donors (Lipinski definition) is 2. The topological polar surface area (TPSA) is 67.8 Å². The van der Waals surface area contributed by atoms with Crippen LogP contribution in [0.25, 0.3) is 0 Å². The Hall–Kier alpha value is -2.74. The molecule has 5 nitrogen and oxygen atoms in total. The molecule has 0 aromatic heterocycles. The van der Waals surface area contributed by atoms with Crippen LogP contribution in [0.3, 0.4) is 0 Å². The number of hydrogen-bond acceptors (Lipinski definition) is 4. The maximum Gasteiger partial charge on any atom is 0.416 e. The van der Waals surface area contributed by atoms with Crippen LogP contribution in [0.5, 0.6) is 11.5 Å². The molecular weight excluding hydrogens is 351 g/mol. The van der Waals surface area contributed by atoms with E-state index in [0.29, 0.717) is 11.5 Å². The molecule has 2 N–H and O–H groups in total. The van der Waals surface area contributed by atoms with Gasteiger partial charge in [-0.15, -0.1) is 0 Å². The molecule has 26 heavy (non-hydrogen) atoms. The van der Waals surface area contributed by atoms with Crippen molar-refractivity contribution in [3.8, 4) is 11.5 Å². The second-order valence-corrected chi connectivity index (χ2v) is 5.45. The van der Waals surface area contributed by atoms with Crippen molar-refractivity contribution < 1.29 is 32.5 Å². The minimum absolute atomic E-state index is 0.163. The van der Waals surface area contributed by atoms with Crippen LogP contribution in [0, 0.1) is 0 Å². The molecule has 0 radical (unpaired) electrons. The number of aliphatic hydroxyl groups is 1. The fourth-order valence-electron chi connectivity index (χ4n) is 2.24. The first kappa shape index (κ1) is 19.6. The Morgan fingerprint density at radius 1 is 1.08 bits per heavy atom. The van der Waals surface area contributed by atoms with Gasteiger partial charge < -0.3 is 19.9 Å². The van der Waals surface area contributed by atoms with Gasteiger partial charge in [-0.2, -0.15) is 13.2 Å². The third kappa shape index (κ3) is 4.89. The molecule has 140 valence electrons. The van der Waals surface area contributed by atoms with Gasteiger partial charge in [0.05, 0.1) is 25.9 Å². The minimum atomic E-state index is -4.44. The van der Waals surface area contributed by atoms with Crippen molar-refractivity contribution in [2.24, 2.45) is 0 Å². The maximum atomic E-state index is 12.5. The zero-order valence-electron chi connectivity index (χ0n) is 14.1. The number of ether oxygens (including phenoxy) is 2. The number of carbonyl (C=O) groups excluding carboxylic acids is 1. The molecule has 1 amide bonds. The molecule has 0 saturated carbocycles. The Morgan fingerprint density at radius 3 is 2.08 bits per heavy atom. The highest BCUT2D eigenvalue weighted by molar-refractivity contribution is 5.95. The van der Waals surface area contributed by atoms with E-state index in [2.05, 4.69) is 5.32 Å². The van der Waals surface area contributed by atoms with Gasteiger partial charge in [-0.25, -0.2) is 0 Å². The molecule has 0 fully saturated rings. The van der Waals surface area contributed by atoms with Crippen molar-refractivity contribution in [3.63, 3.8) is 0 Å². The summed E-state index contributed by atoms with van der Waals surface area (Å²) in [6.45, 7) is -0.163. The van der Waals surface area contributed by atoms with E-state index in [1.807, 2.05) is 0 Å². The third-order valence-electron chi connectivity index (χ3n) is 3.69. The second kappa shape index (κ2) is 8.09. The van der Waals surface area contributed by atoms with Gasteiger partial charge in [0.15, 0.2) is 0 Å². The SMILES string of the molecule is COc1cc(OC)cc(C(=O)NCC(O)c2ccc(C(F)(F)F)cc2)c1. The molecule has 2 aromatic carbocycles. The molecule has 0 aliphatic carbocycles. The average Bonchev–Trinajstić information content (AvgIpc) is 2.64. The fourth-order valence-corrected chi connectivity index (χ4v) is 2.24. The Balaban J connectivity index is 2.02. The summed E-state index contributed by atoms with van der Waals surface area (Å²) in [5, 5.41) is 12.6. The summed E-state index contributed by atoms with van der Waals surface area (Å²) in [5.41, 5.74) is -0.275. The monoisotopic (exact) mass is 369 g/mol. The lowest BCUT2D eigenvalue weighted by Gasteiger charge is -2.14. The molecule has 0 spiro atoms. The molecule has 2 aromatic rings. The number of alkyl halides is 3. The lowest BCUT2D eigenvalue weighted by molar-refractivity contribution is -0.137. The highest BCUT2D eigenvalue weighted by Crippen LogP contribution is 2.30. The van der Waals surface area contributed by atoms with Crippen LogP contribution in [-0.4, -0.2) is 31.8 Å². The number of carbonyl (C=O) groups is 1. The fraction of sp³-hybridized carbons (Fsp3) is 0.278. The predicted octanol–water partition coefficient (Wildman–Crippen LogP) is 3.19. The van der Waals surface area contributed by atoms with Crippen LogP contribution in [0.15, 0.2) is 42.5 Å². The van der Waals surface area contributed by atoms with Crippen LogP contribution in [0.2, 0.25) is 0 Å². The van der Waals surface area contributed by atoms with E-state index in [1.54, 1.807) is 6.07 Å². The molecule has 8 heteroatoms. The molecular formula is C18H18F3NO4. The number of rotatable bonds is 6. The molecule has 0 aliphatic rings. The van der Waals surface area contributed by atoms with Gasteiger partial charge >= 0.3 is 6.18 Å². The molecule has 0 bridgehead atoms. The van der Waals surface area contributed by atoms with Gasteiger partial charge in [-0.1, -0.05) is 12.1 Å². The van der Waals surface area contributed by atoms with Gasteiger partial charge in [0.2, 0.25) is 0 Å². The number of amides is 1. The number of halogens is 3. The van der Waals surface area contributed by atoms with Crippen LogP contribution in [0.1, 0.15) is 27.6 Å². The van der Waals surface area contributed by atoms with Crippen LogP contribution >= 0.6 is 0 Å². The molecule has 1 unspecified atom stereocenters. The van der Waals surface area contributed by atoms with Gasteiger partial charge in [-0.05, 0) is 29.8 Å². The van der Waals surface area contributed by atoms with Gasteiger partial charge in [-0.3, -0.25) is 4.79 Å². The van der Waals surface area contributed by atoms with E-state index in [0.717, 1.165) is 12.1 Å². The normalized spacial score (nSPS) is 12.4. The number of benzene rings is 2. The lowest BCUT2D eigenvalue weighted by Crippen LogP contribution is -2.28. The highest BCUT2D eigenvalue weighted by atomic mass is 19.4. The lowest BCUT2D eigenvalue weighted by atomic mass is 10.1. The summed E-state index contributed by atoms with van der Waals surface area (Å²) in [6.07, 6.45) is -5.59. The summed E-state index contributed by atoms with van der Waals surface area (Å²) in [6, 6.07) is 8.72. The molecule has 0 aliphatic heterocycles. The summed E-state index contributed by atoms with van der Waals surface area (Å²) >= 11 is 0.